The van der Waals surface area contributed by atoms with Crippen molar-refractivity contribution in [1.29, 1.82) is 0 Å². The molecule has 7 heteroatoms. The van der Waals surface area contributed by atoms with Gasteiger partial charge in [0, 0.05) is 30.3 Å². The summed E-state index contributed by atoms with van der Waals surface area (Å²) in [7, 11) is 0. The molecule has 2 rings (SSSR count). The summed E-state index contributed by atoms with van der Waals surface area (Å²) in [5.74, 6) is 1.14. The van der Waals surface area contributed by atoms with Crippen molar-refractivity contribution in [3.05, 3.63) is 24.5 Å². The van der Waals surface area contributed by atoms with Crippen molar-refractivity contribution < 1.29 is 5.11 Å². The molecule has 0 aromatic carbocycles. The molecule has 2 heterocycles. The SMILES string of the molecule is CSCC(C)(O)CNc1snc(N)c1-c1cccnc1. The van der Waals surface area contributed by atoms with Crippen LogP contribution in [0.5, 0.6) is 0 Å². The number of rotatable bonds is 6. The minimum atomic E-state index is -0.773. The third-order valence-corrected chi connectivity index (χ3v) is 4.48. The number of anilines is 2. The van der Waals surface area contributed by atoms with Crippen LogP contribution >= 0.6 is 23.3 Å². The van der Waals surface area contributed by atoms with Gasteiger partial charge < -0.3 is 16.2 Å². The average Bonchev–Trinajstić information content (AvgIpc) is 2.79. The Morgan fingerprint density at radius 2 is 2.35 bits per heavy atom. The van der Waals surface area contributed by atoms with Crippen LogP contribution in [0.1, 0.15) is 6.92 Å². The van der Waals surface area contributed by atoms with E-state index in [1.54, 1.807) is 24.2 Å². The molecule has 0 aliphatic carbocycles. The van der Waals surface area contributed by atoms with Crippen LogP contribution in [0, 0.1) is 0 Å². The normalized spacial score (nSPS) is 13.9. The van der Waals surface area contributed by atoms with Crippen molar-refractivity contribution in [2.24, 2.45) is 0 Å². The average molecular weight is 310 g/mol. The van der Waals surface area contributed by atoms with Crippen molar-refractivity contribution in [3.63, 3.8) is 0 Å². The van der Waals surface area contributed by atoms with Crippen LogP contribution in [0.4, 0.5) is 10.8 Å². The van der Waals surface area contributed by atoms with Gasteiger partial charge in [0.25, 0.3) is 0 Å². The number of hydrogen-bond acceptors (Lipinski definition) is 7. The molecule has 0 spiro atoms. The molecule has 0 fully saturated rings. The van der Waals surface area contributed by atoms with Gasteiger partial charge in [-0.3, -0.25) is 4.98 Å². The zero-order valence-electron chi connectivity index (χ0n) is 11.5. The molecule has 0 saturated carbocycles. The largest absolute Gasteiger partial charge is 0.387 e. The number of nitrogen functional groups attached to an aromatic ring is 1. The van der Waals surface area contributed by atoms with Crippen LogP contribution < -0.4 is 11.1 Å². The van der Waals surface area contributed by atoms with Gasteiger partial charge >= 0.3 is 0 Å². The number of aromatic nitrogens is 2. The first kappa shape index (κ1) is 15.1. The lowest BCUT2D eigenvalue weighted by atomic mass is 10.1. The highest BCUT2D eigenvalue weighted by Gasteiger charge is 2.21. The minimum absolute atomic E-state index is 0.447. The maximum Gasteiger partial charge on any atom is 0.147 e. The number of nitrogens with one attached hydrogen (secondary N) is 1. The van der Waals surface area contributed by atoms with Crippen molar-refractivity contribution in [3.8, 4) is 11.1 Å². The number of nitrogens with two attached hydrogens (primary N) is 1. The van der Waals surface area contributed by atoms with Crippen LogP contribution in [-0.4, -0.2) is 38.6 Å². The first-order valence-corrected chi connectivity index (χ1v) is 8.31. The van der Waals surface area contributed by atoms with Gasteiger partial charge in [-0.05, 0) is 30.8 Å². The van der Waals surface area contributed by atoms with Crippen LogP contribution in [-0.2, 0) is 0 Å². The fraction of sp³-hybridized carbons (Fsp3) is 0.385. The van der Waals surface area contributed by atoms with Crippen molar-refractivity contribution in [2.45, 2.75) is 12.5 Å². The highest BCUT2D eigenvalue weighted by molar-refractivity contribution is 7.98. The smallest absolute Gasteiger partial charge is 0.147 e. The van der Waals surface area contributed by atoms with E-state index < -0.39 is 5.60 Å². The maximum atomic E-state index is 10.2. The Kier molecular flexibility index (Phi) is 4.85. The molecular weight excluding hydrogens is 292 g/mol. The number of hydrogen-bond donors (Lipinski definition) is 3. The van der Waals surface area contributed by atoms with Gasteiger partial charge in [-0.15, -0.1) is 0 Å². The molecule has 1 atom stereocenters. The molecule has 0 aliphatic heterocycles. The molecule has 2 aromatic rings. The summed E-state index contributed by atoms with van der Waals surface area (Å²) >= 11 is 2.91. The second-order valence-electron chi connectivity index (χ2n) is 4.80. The van der Waals surface area contributed by atoms with E-state index in [9.17, 15) is 5.11 Å². The summed E-state index contributed by atoms with van der Waals surface area (Å²) in [6, 6.07) is 3.80. The van der Waals surface area contributed by atoms with Crippen LogP contribution in [0.2, 0.25) is 0 Å². The fourth-order valence-electron chi connectivity index (χ4n) is 1.85. The molecule has 0 radical (unpaired) electrons. The fourth-order valence-corrected chi connectivity index (χ4v) is 3.30. The summed E-state index contributed by atoms with van der Waals surface area (Å²) in [5, 5.41) is 14.3. The van der Waals surface area contributed by atoms with Gasteiger partial charge in [0.1, 0.15) is 10.8 Å². The predicted molar refractivity (Wildman–Crippen MR) is 87.3 cm³/mol. The van der Waals surface area contributed by atoms with Gasteiger partial charge in [-0.2, -0.15) is 16.1 Å². The van der Waals surface area contributed by atoms with Gasteiger partial charge in [-0.1, -0.05) is 6.07 Å². The Bertz CT molecular complexity index is 557. The second-order valence-corrected chi connectivity index (χ2v) is 6.44. The van der Waals surface area contributed by atoms with E-state index in [1.165, 1.54) is 11.5 Å². The lowest BCUT2D eigenvalue weighted by Gasteiger charge is -2.22. The monoisotopic (exact) mass is 310 g/mol. The number of aliphatic hydroxyl groups is 1. The molecule has 0 saturated heterocycles. The molecule has 108 valence electrons. The second kappa shape index (κ2) is 6.43. The summed E-state index contributed by atoms with van der Waals surface area (Å²) in [4.78, 5) is 4.10. The number of pyridine rings is 1. The van der Waals surface area contributed by atoms with E-state index in [4.69, 9.17) is 5.73 Å². The molecule has 1 unspecified atom stereocenters. The van der Waals surface area contributed by atoms with Crippen LogP contribution in [0.25, 0.3) is 11.1 Å². The Hall–Kier alpha value is -1.31. The predicted octanol–water partition coefficient (Wildman–Crippen LogP) is 2.31. The Labute approximate surface area is 126 Å². The van der Waals surface area contributed by atoms with Gasteiger partial charge in [-0.25, -0.2) is 0 Å². The van der Waals surface area contributed by atoms with Gasteiger partial charge in [0.2, 0.25) is 0 Å². The van der Waals surface area contributed by atoms with Crippen LogP contribution in [0.3, 0.4) is 0 Å². The first-order valence-electron chi connectivity index (χ1n) is 6.14. The first-order chi connectivity index (χ1) is 9.53. The summed E-state index contributed by atoms with van der Waals surface area (Å²) in [6.07, 6.45) is 5.45. The lowest BCUT2D eigenvalue weighted by Crippen LogP contribution is -2.35. The van der Waals surface area contributed by atoms with Crippen LogP contribution in [0.15, 0.2) is 24.5 Å². The zero-order chi connectivity index (χ0) is 14.6. The van der Waals surface area contributed by atoms with E-state index in [2.05, 4.69) is 14.7 Å². The third-order valence-electron chi connectivity index (χ3n) is 2.75. The van der Waals surface area contributed by atoms with Crippen molar-refractivity contribution in [2.75, 3.05) is 29.6 Å². The molecular formula is C13H18N4OS2. The Morgan fingerprint density at radius 1 is 1.55 bits per heavy atom. The van der Waals surface area contributed by atoms with E-state index in [0.717, 1.165) is 16.1 Å². The molecule has 0 bridgehead atoms. The van der Waals surface area contributed by atoms with E-state index >= 15 is 0 Å². The maximum absolute atomic E-state index is 10.2. The molecule has 2 aromatic heterocycles. The standard InChI is InChI=1S/C13H18N4OS2/c1-13(18,8-19-2)7-16-12-10(11(14)17-20-12)9-4-3-5-15-6-9/h3-6,16,18H,7-8H2,1-2H3,(H2,14,17). The van der Waals surface area contributed by atoms with Gasteiger partial charge in [0.05, 0.1) is 11.2 Å². The van der Waals surface area contributed by atoms with Crippen molar-refractivity contribution in [1.82, 2.24) is 9.36 Å². The molecule has 20 heavy (non-hydrogen) atoms. The lowest BCUT2D eigenvalue weighted by molar-refractivity contribution is 0.0998. The molecule has 0 amide bonds. The minimum Gasteiger partial charge on any atom is -0.387 e. The summed E-state index contributed by atoms with van der Waals surface area (Å²) in [5.41, 5.74) is 6.93. The highest BCUT2D eigenvalue weighted by Crippen LogP contribution is 2.36. The summed E-state index contributed by atoms with van der Waals surface area (Å²) in [6.45, 7) is 2.26. The molecule has 5 nitrogen and oxygen atoms in total. The van der Waals surface area contributed by atoms with Gasteiger partial charge in [0.15, 0.2) is 0 Å². The number of nitrogens with zero attached hydrogens (tertiary/aromatic N) is 2. The quantitative estimate of drug-likeness (QED) is 0.759. The number of thioether (sulfide) groups is 1. The van der Waals surface area contributed by atoms with E-state index in [0.29, 0.717) is 18.1 Å². The molecule has 4 N–H and O–H groups in total. The Balaban J connectivity index is 2.18. The Morgan fingerprint density at radius 3 is 3.00 bits per heavy atom. The third kappa shape index (κ3) is 3.62. The summed E-state index contributed by atoms with van der Waals surface area (Å²) < 4.78 is 4.18. The van der Waals surface area contributed by atoms with E-state index in [1.807, 2.05) is 25.3 Å². The van der Waals surface area contributed by atoms with E-state index in [-0.39, 0.29) is 0 Å². The zero-order valence-corrected chi connectivity index (χ0v) is 13.1. The molecule has 0 aliphatic rings. The highest BCUT2D eigenvalue weighted by atomic mass is 32.2. The van der Waals surface area contributed by atoms with Crippen molar-refractivity contribution >= 4 is 34.1 Å². The topological polar surface area (TPSA) is 84.1 Å².